The van der Waals surface area contributed by atoms with Crippen LogP contribution in [0.1, 0.15) is 32.6 Å². The molecule has 1 saturated heterocycles. The summed E-state index contributed by atoms with van der Waals surface area (Å²) < 4.78 is 5.74. The molecular weight excluding hydrogens is 150 g/mol. The molecule has 0 aromatic heterocycles. The Kier molecular flexibility index (Phi) is 4.62. The normalized spacial score (nSPS) is 21.5. The third kappa shape index (κ3) is 3.55. The van der Waals surface area contributed by atoms with E-state index >= 15 is 0 Å². The monoisotopic (exact) mass is 171 g/mol. The standard InChI is InChI=1S/C10H21NO/c1-3-4-9-12-10-5-7-11(2)8-6-10/h10H,3-9H2,1-2H3. The number of likely N-dealkylation sites (tertiary alicyclic amines) is 1. The lowest BCUT2D eigenvalue weighted by molar-refractivity contribution is 0.0113. The fraction of sp³-hybridized carbons (Fsp3) is 1.00. The Labute approximate surface area is 75.9 Å². The van der Waals surface area contributed by atoms with Crippen molar-refractivity contribution in [1.29, 1.82) is 0 Å². The van der Waals surface area contributed by atoms with Gasteiger partial charge in [0.25, 0.3) is 0 Å². The molecule has 0 bridgehead atoms. The molecule has 1 heterocycles. The number of hydrogen-bond donors (Lipinski definition) is 0. The summed E-state index contributed by atoms with van der Waals surface area (Å²) in [7, 11) is 2.18. The van der Waals surface area contributed by atoms with Gasteiger partial charge >= 0.3 is 0 Å². The molecular formula is C10H21NO. The van der Waals surface area contributed by atoms with Crippen LogP contribution in [0.3, 0.4) is 0 Å². The average Bonchev–Trinajstić information content (AvgIpc) is 2.09. The molecule has 0 N–H and O–H groups in total. The lowest BCUT2D eigenvalue weighted by Crippen LogP contribution is -2.34. The maximum atomic E-state index is 5.74. The van der Waals surface area contributed by atoms with E-state index in [2.05, 4.69) is 18.9 Å². The molecule has 0 radical (unpaired) electrons. The third-order valence-corrected chi connectivity index (χ3v) is 2.52. The molecule has 0 aromatic carbocycles. The molecule has 0 saturated carbocycles. The minimum atomic E-state index is 0.549. The number of unbranched alkanes of at least 4 members (excludes halogenated alkanes) is 1. The maximum Gasteiger partial charge on any atom is 0.0599 e. The van der Waals surface area contributed by atoms with Gasteiger partial charge in [0.15, 0.2) is 0 Å². The van der Waals surface area contributed by atoms with Crippen LogP contribution in [0.5, 0.6) is 0 Å². The number of hydrogen-bond acceptors (Lipinski definition) is 2. The first-order valence-electron chi connectivity index (χ1n) is 5.13. The number of ether oxygens (including phenoxy) is 1. The van der Waals surface area contributed by atoms with Crippen LogP contribution in [0.2, 0.25) is 0 Å². The Hall–Kier alpha value is -0.0800. The summed E-state index contributed by atoms with van der Waals surface area (Å²) in [6, 6.07) is 0. The third-order valence-electron chi connectivity index (χ3n) is 2.52. The molecule has 0 atom stereocenters. The highest BCUT2D eigenvalue weighted by molar-refractivity contribution is 4.69. The second-order valence-electron chi connectivity index (χ2n) is 3.73. The molecule has 1 rings (SSSR count). The van der Waals surface area contributed by atoms with Crippen molar-refractivity contribution >= 4 is 0 Å². The van der Waals surface area contributed by atoms with Crippen LogP contribution in [-0.4, -0.2) is 37.7 Å². The van der Waals surface area contributed by atoms with E-state index < -0.39 is 0 Å². The van der Waals surface area contributed by atoms with E-state index in [1.807, 2.05) is 0 Å². The number of nitrogens with zero attached hydrogens (tertiary/aromatic N) is 1. The summed E-state index contributed by atoms with van der Waals surface area (Å²) in [5.41, 5.74) is 0. The highest BCUT2D eigenvalue weighted by atomic mass is 16.5. The molecule has 0 spiro atoms. The van der Waals surface area contributed by atoms with Gasteiger partial charge in [-0.2, -0.15) is 0 Å². The summed E-state index contributed by atoms with van der Waals surface area (Å²) in [4.78, 5) is 2.37. The number of piperidine rings is 1. The van der Waals surface area contributed by atoms with Gasteiger partial charge in [-0.15, -0.1) is 0 Å². The zero-order valence-corrected chi connectivity index (χ0v) is 8.38. The highest BCUT2D eigenvalue weighted by Crippen LogP contribution is 2.12. The van der Waals surface area contributed by atoms with Crippen LogP contribution < -0.4 is 0 Å². The molecule has 72 valence electrons. The second kappa shape index (κ2) is 5.55. The molecule has 0 unspecified atom stereocenters. The van der Waals surface area contributed by atoms with Gasteiger partial charge in [0.2, 0.25) is 0 Å². The van der Waals surface area contributed by atoms with E-state index in [0.29, 0.717) is 6.10 Å². The van der Waals surface area contributed by atoms with Crippen molar-refractivity contribution in [2.45, 2.75) is 38.7 Å². The Bertz CT molecular complexity index is 108. The smallest absolute Gasteiger partial charge is 0.0599 e. The molecule has 1 aliphatic rings. The Morgan fingerprint density at radius 2 is 2.00 bits per heavy atom. The zero-order valence-electron chi connectivity index (χ0n) is 8.38. The van der Waals surface area contributed by atoms with Gasteiger partial charge in [-0.3, -0.25) is 0 Å². The summed E-state index contributed by atoms with van der Waals surface area (Å²) in [6.45, 7) is 5.58. The van der Waals surface area contributed by atoms with Crippen LogP contribution in [-0.2, 0) is 4.74 Å². The first kappa shape index (κ1) is 10.0. The Balaban J connectivity index is 2.01. The van der Waals surface area contributed by atoms with Crippen LogP contribution in [0.25, 0.3) is 0 Å². The van der Waals surface area contributed by atoms with Crippen molar-refractivity contribution in [3.05, 3.63) is 0 Å². The van der Waals surface area contributed by atoms with Gasteiger partial charge in [-0.05, 0) is 26.3 Å². The fourth-order valence-corrected chi connectivity index (χ4v) is 1.55. The maximum absolute atomic E-state index is 5.74. The van der Waals surface area contributed by atoms with Gasteiger partial charge in [0.1, 0.15) is 0 Å². The van der Waals surface area contributed by atoms with E-state index in [0.717, 1.165) is 6.61 Å². The lowest BCUT2D eigenvalue weighted by atomic mass is 10.1. The van der Waals surface area contributed by atoms with Gasteiger partial charge in [-0.1, -0.05) is 13.3 Å². The van der Waals surface area contributed by atoms with Crippen LogP contribution in [0.4, 0.5) is 0 Å². The molecule has 0 aliphatic carbocycles. The molecule has 2 nitrogen and oxygen atoms in total. The molecule has 1 aliphatic heterocycles. The van der Waals surface area contributed by atoms with Crippen molar-refractivity contribution < 1.29 is 4.74 Å². The first-order valence-corrected chi connectivity index (χ1v) is 5.13. The van der Waals surface area contributed by atoms with Crippen LogP contribution in [0, 0.1) is 0 Å². The first-order chi connectivity index (χ1) is 5.83. The summed E-state index contributed by atoms with van der Waals surface area (Å²) in [5, 5.41) is 0. The fourth-order valence-electron chi connectivity index (χ4n) is 1.55. The minimum Gasteiger partial charge on any atom is -0.378 e. The summed E-state index contributed by atoms with van der Waals surface area (Å²) in [6.07, 6.45) is 5.45. The van der Waals surface area contributed by atoms with Crippen molar-refractivity contribution in [3.8, 4) is 0 Å². The van der Waals surface area contributed by atoms with E-state index in [9.17, 15) is 0 Å². The lowest BCUT2D eigenvalue weighted by Gasteiger charge is -2.28. The molecule has 2 heteroatoms. The average molecular weight is 171 g/mol. The Morgan fingerprint density at radius 3 is 2.58 bits per heavy atom. The van der Waals surface area contributed by atoms with E-state index in [1.165, 1.54) is 38.8 Å². The predicted octanol–water partition coefficient (Wildman–Crippen LogP) is 1.90. The van der Waals surface area contributed by atoms with Crippen molar-refractivity contribution in [2.24, 2.45) is 0 Å². The van der Waals surface area contributed by atoms with Crippen LogP contribution in [0.15, 0.2) is 0 Å². The van der Waals surface area contributed by atoms with E-state index in [4.69, 9.17) is 4.74 Å². The topological polar surface area (TPSA) is 12.5 Å². The summed E-state index contributed by atoms with van der Waals surface area (Å²) >= 11 is 0. The van der Waals surface area contributed by atoms with Crippen molar-refractivity contribution in [3.63, 3.8) is 0 Å². The molecule has 12 heavy (non-hydrogen) atoms. The SMILES string of the molecule is CCCCOC1CCN(C)CC1. The summed E-state index contributed by atoms with van der Waals surface area (Å²) in [5.74, 6) is 0. The van der Waals surface area contributed by atoms with Crippen LogP contribution >= 0.6 is 0 Å². The second-order valence-corrected chi connectivity index (χ2v) is 3.73. The van der Waals surface area contributed by atoms with E-state index in [1.54, 1.807) is 0 Å². The zero-order chi connectivity index (χ0) is 8.81. The van der Waals surface area contributed by atoms with Crippen molar-refractivity contribution in [1.82, 2.24) is 4.90 Å². The minimum absolute atomic E-state index is 0.549. The van der Waals surface area contributed by atoms with Gasteiger partial charge < -0.3 is 9.64 Å². The molecule has 0 aromatic rings. The quantitative estimate of drug-likeness (QED) is 0.599. The van der Waals surface area contributed by atoms with Gasteiger partial charge in [-0.25, -0.2) is 0 Å². The highest BCUT2D eigenvalue weighted by Gasteiger charge is 2.16. The Morgan fingerprint density at radius 1 is 1.33 bits per heavy atom. The largest absolute Gasteiger partial charge is 0.378 e. The van der Waals surface area contributed by atoms with E-state index in [-0.39, 0.29) is 0 Å². The molecule has 1 fully saturated rings. The molecule has 0 amide bonds. The van der Waals surface area contributed by atoms with Gasteiger partial charge in [0.05, 0.1) is 6.10 Å². The van der Waals surface area contributed by atoms with Crippen molar-refractivity contribution in [2.75, 3.05) is 26.7 Å². The number of rotatable bonds is 4. The van der Waals surface area contributed by atoms with Gasteiger partial charge in [0, 0.05) is 19.7 Å². The predicted molar refractivity (Wildman–Crippen MR) is 51.4 cm³/mol.